The molecule has 0 bridgehead atoms. The molecule has 0 saturated carbocycles. The molecule has 0 aliphatic heterocycles. The van der Waals surface area contributed by atoms with Gasteiger partial charge in [0.1, 0.15) is 0 Å². The van der Waals surface area contributed by atoms with Crippen LogP contribution in [-0.4, -0.2) is 0 Å². The van der Waals surface area contributed by atoms with E-state index >= 15 is 0 Å². The monoisotopic (exact) mass is 723 g/mol. The molecular formula is C55H49N. The maximum Gasteiger partial charge on any atom is 0.0465 e. The first-order valence-electron chi connectivity index (χ1n) is 20.0. The molecular weight excluding hydrogens is 675 g/mol. The molecule has 1 nitrogen and oxygen atoms in total. The maximum atomic E-state index is 2.43. The molecule has 0 saturated heterocycles. The molecule has 1 aliphatic rings. The minimum absolute atomic E-state index is 0.221. The van der Waals surface area contributed by atoms with Crippen LogP contribution in [0.25, 0.3) is 55.6 Å². The van der Waals surface area contributed by atoms with E-state index in [1.54, 1.807) is 0 Å². The third-order valence-electron chi connectivity index (χ3n) is 11.1. The van der Waals surface area contributed by atoms with Crippen molar-refractivity contribution < 1.29 is 0 Å². The van der Waals surface area contributed by atoms with Gasteiger partial charge in [0, 0.05) is 22.5 Å². The van der Waals surface area contributed by atoms with E-state index in [0.717, 1.165) is 17.1 Å². The Balaban J connectivity index is 0.00000105. The van der Waals surface area contributed by atoms with Gasteiger partial charge in [0.05, 0.1) is 0 Å². The quantitative estimate of drug-likeness (QED) is 0.151. The fourth-order valence-electron chi connectivity index (χ4n) is 8.04. The van der Waals surface area contributed by atoms with Crippen LogP contribution >= 0.6 is 0 Å². The number of hydrogen-bond acceptors (Lipinski definition) is 1. The van der Waals surface area contributed by atoms with Crippen LogP contribution in [0.4, 0.5) is 17.1 Å². The molecule has 0 N–H and O–H groups in total. The molecule has 8 aromatic carbocycles. The molecule has 0 fully saturated rings. The van der Waals surface area contributed by atoms with Gasteiger partial charge in [0.2, 0.25) is 0 Å². The first-order valence-corrected chi connectivity index (χ1v) is 20.0. The number of rotatable bonds is 8. The van der Waals surface area contributed by atoms with Crippen molar-refractivity contribution in [1.29, 1.82) is 0 Å². The average Bonchev–Trinajstić information content (AvgIpc) is 3.50. The Bertz CT molecular complexity index is 2430. The summed E-state index contributed by atoms with van der Waals surface area (Å²) in [6.07, 6.45) is 2.64. The number of unbranched alkanes of at least 4 members (excludes halogenated alkanes) is 1. The number of fused-ring (bicyclic) bond motifs is 3. The van der Waals surface area contributed by atoms with Crippen LogP contribution in [0.5, 0.6) is 0 Å². The van der Waals surface area contributed by atoms with Crippen molar-refractivity contribution in [2.24, 2.45) is 0 Å². The van der Waals surface area contributed by atoms with Gasteiger partial charge in [-0.25, -0.2) is 0 Å². The van der Waals surface area contributed by atoms with Crippen molar-refractivity contribution in [3.05, 3.63) is 211 Å². The fraction of sp³-hybridized carbons (Fsp3) is 0.127. The Labute approximate surface area is 333 Å². The van der Waals surface area contributed by atoms with Gasteiger partial charge in [-0.2, -0.15) is 0 Å². The minimum Gasteiger partial charge on any atom is -0.310 e. The predicted octanol–water partition coefficient (Wildman–Crippen LogP) is 15.9. The Morgan fingerprint density at radius 1 is 0.339 bits per heavy atom. The van der Waals surface area contributed by atoms with Crippen LogP contribution in [0.3, 0.4) is 0 Å². The molecule has 0 spiro atoms. The lowest BCUT2D eigenvalue weighted by Crippen LogP contribution is -2.17. The zero-order valence-corrected chi connectivity index (χ0v) is 32.9. The smallest absolute Gasteiger partial charge is 0.0465 e. The third kappa shape index (κ3) is 7.21. The van der Waals surface area contributed by atoms with Crippen LogP contribution in [0.1, 0.15) is 51.7 Å². The standard InChI is InChI=1S/C51H39N.C4H10/c1-51(2)49-35-45(31-32-46(49)48-34-42(38-19-11-5-12-20-38)33-47(50(48)51)41-21-13-6-14-22-41)52(43-27-23-39(24-28-43)36-15-7-3-8-16-36)44-29-25-40(26-30-44)37-17-9-4-10-18-37;1-3-4-2/h3-35H,1-2H3;3-4H2,1-2H3. The molecule has 0 amide bonds. The maximum absolute atomic E-state index is 2.43. The first kappa shape index (κ1) is 36.5. The molecule has 274 valence electrons. The van der Waals surface area contributed by atoms with Crippen LogP contribution < -0.4 is 4.90 Å². The van der Waals surface area contributed by atoms with E-state index in [9.17, 15) is 0 Å². The molecule has 1 aliphatic carbocycles. The number of hydrogen-bond donors (Lipinski definition) is 0. The summed E-state index contributed by atoms with van der Waals surface area (Å²) in [7, 11) is 0. The highest BCUT2D eigenvalue weighted by Gasteiger charge is 2.38. The number of benzene rings is 8. The summed E-state index contributed by atoms with van der Waals surface area (Å²) in [5.41, 5.74) is 18.4. The third-order valence-corrected chi connectivity index (χ3v) is 11.1. The second kappa shape index (κ2) is 16.1. The Kier molecular flexibility index (Phi) is 10.5. The summed E-state index contributed by atoms with van der Waals surface area (Å²) in [6.45, 7) is 9.15. The summed E-state index contributed by atoms with van der Waals surface area (Å²) in [4.78, 5) is 2.40. The van der Waals surface area contributed by atoms with Gasteiger partial charge in [-0.15, -0.1) is 0 Å². The molecule has 1 heteroatoms. The Morgan fingerprint density at radius 3 is 1.16 bits per heavy atom. The van der Waals surface area contributed by atoms with Crippen molar-refractivity contribution in [1.82, 2.24) is 0 Å². The van der Waals surface area contributed by atoms with Crippen molar-refractivity contribution in [2.45, 2.75) is 46.0 Å². The predicted molar refractivity (Wildman–Crippen MR) is 241 cm³/mol. The van der Waals surface area contributed by atoms with E-state index in [-0.39, 0.29) is 5.41 Å². The van der Waals surface area contributed by atoms with Gasteiger partial charge in [-0.1, -0.05) is 192 Å². The lowest BCUT2D eigenvalue weighted by molar-refractivity contribution is 0.662. The second-order valence-corrected chi connectivity index (χ2v) is 15.2. The molecule has 56 heavy (non-hydrogen) atoms. The van der Waals surface area contributed by atoms with Crippen molar-refractivity contribution in [3.63, 3.8) is 0 Å². The second-order valence-electron chi connectivity index (χ2n) is 15.2. The molecule has 0 atom stereocenters. The van der Waals surface area contributed by atoms with Gasteiger partial charge in [-0.05, 0) is 115 Å². The summed E-state index contributed by atoms with van der Waals surface area (Å²) in [5.74, 6) is 0. The first-order chi connectivity index (χ1) is 27.5. The summed E-state index contributed by atoms with van der Waals surface area (Å²) in [5, 5.41) is 0. The zero-order valence-electron chi connectivity index (χ0n) is 32.9. The van der Waals surface area contributed by atoms with Crippen molar-refractivity contribution in [3.8, 4) is 55.6 Å². The lowest BCUT2D eigenvalue weighted by atomic mass is 9.78. The van der Waals surface area contributed by atoms with Gasteiger partial charge in [-0.3, -0.25) is 0 Å². The normalized spacial score (nSPS) is 12.2. The highest BCUT2D eigenvalue weighted by molar-refractivity contribution is 5.93. The molecule has 0 aromatic heterocycles. The van der Waals surface area contributed by atoms with E-state index in [1.165, 1.54) is 79.6 Å². The zero-order chi connectivity index (χ0) is 38.5. The van der Waals surface area contributed by atoms with Crippen LogP contribution in [-0.2, 0) is 5.41 Å². The van der Waals surface area contributed by atoms with E-state index in [2.05, 4.69) is 233 Å². The number of nitrogens with zero attached hydrogens (tertiary/aromatic N) is 1. The molecule has 8 aromatic rings. The van der Waals surface area contributed by atoms with Crippen LogP contribution in [0.15, 0.2) is 200 Å². The summed E-state index contributed by atoms with van der Waals surface area (Å²) in [6, 6.07) is 72.7. The Hall–Kier alpha value is -6.44. The SMILES string of the molecule is CC1(C)c2cc(N(c3ccc(-c4ccccc4)cc3)c3ccc(-c4ccccc4)cc3)ccc2-c2cc(-c3ccccc3)cc(-c3ccccc3)c21.CCCC. The average molecular weight is 724 g/mol. The van der Waals surface area contributed by atoms with Gasteiger partial charge < -0.3 is 4.90 Å². The van der Waals surface area contributed by atoms with E-state index in [1.807, 2.05) is 0 Å². The van der Waals surface area contributed by atoms with Crippen molar-refractivity contribution >= 4 is 17.1 Å². The fourth-order valence-corrected chi connectivity index (χ4v) is 8.04. The van der Waals surface area contributed by atoms with Gasteiger partial charge in [0.15, 0.2) is 0 Å². The van der Waals surface area contributed by atoms with Gasteiger partial charge >= 0.3 is 0 Å². The lowest BCUT2D eigenvalue weighted by Gasteiger charge is -2.29. The highest BCUT2D eigenvalue weighted by atomic mass is 15.1. The molecule has 0 radical (unpaired) electrons. The number of anilines is 3. The van der Waals surface area contributed by atoms with E-state index < -0.39 is 0 Å². The van der Waals surface area contributed by atoms with E-state index in [0.29, 0.717) is 0 Å². The topological polar surface area (TPSA) is 3.24 Å². The molecule has 9 rings (SSSR count). The minimum atomic E-state index is -0.221. The summed E-state index contributed by atoms with van der Waals surface area (Å²) < 4.78 is 0. The van der Waals surface area contributed by atoms with Crippen molar-refractivity contribution in [2.75, 3.05) is 4.90 Å². The summed E-state index contributed by atoms with van der Waals surface area (Å²) >= 11 is 0. The van der Waals surface area contributed by atoms with E-state index in [4.69, 9.17) is 0 Å². The van der Waals surface area contributed by atoms with Gasteiger partial charge in [0.25, 0.3) is 0 Å². The van der Waals surface area contributed by atoms with Crippen LogP contribution in [0.2, 0.25) is 0 Å². The largest absolute Gasteiger partial charge is 0.310 e. The highest BCUT2D eigenvalue weighted by Crippen LogP contribution is 2.55. The molecule has 0 unspecified atom stereocenters. The Morgan fingerprint density at radius 2 is 0.714 bits per heavy atom. The van der Waals surface area contributed by atoms with Crippen LogP contribution in [0, 0.1) is 0 Å². The molecule has 0 heterocycles.